The van der Waals surface area contributed by atoms with Crippen LogP contribution in [0.1, 0.15) is 25.3 Å². The van der Waals surface area contributed by atoms with Gasteiger partial charge in [0.15, 0.2) is 0 Å². The van der Waals surface area contributed by atoms with Crippen molar-refractivity contribution in [2.24, 2.45) is 0 Å². The Bertz CT molecular complexity index is 1050. The van der Waals surface area contributed by atoms with E-state index in [1.54, 1.807) is 6.92 Å². The molecule has 32 heavy (non-hydrogen) atoms. The predicted molar refractivity (Wildman–Crippen MR) is 126 cm³/mol. The molecule has 0 aliphatic carbocycles. The lowest BCUT2D eigenvalue weighted by Gasteiger charge is -2.29. The van der Waals surface area contributed by atoms with E-state index in [-0.39, 0.29) is 37.7 Å². The first-order valence-corrected chi connectivity index (χ1v) is 12.7. The normalized spacial score (nSPS) is 12.2. The van der Waals surface area contributed by atoms with Crippen molar-refractivity contribution >= 4 is 43.5 Å². The van der Waals surface area contributed by atoms with Gasteiger partial charge in [0.05, 0.1) is 11.9 Å². The van der Waals surface area contributed by atoms with Crippen molar-refractivity contribution in [3.05, 3.63) is 64.4 Å². The van der Waals surface area contributed by atoms with Crippen LogP contribution in [-0.2, 0) is 26.2 Å². The zero-order valence-corrected chi connectivity index (χ0v) is 20.6. The first kappa shape index (κ1) is 25.8. The number of amides is 2. The molecule has 0 saturated carbocycles. The number of hydrogen-bond acceptors (Lipinski definition) is 4. The molecule has 0 aromatic heterocycles. The lowest BCUT2D eigenvalue weighted by molar-refractivity contribution is -0.140. The largest absolute Gasteiger partial charge is 0.357 e. The Morgan fingerprint density at radius 2 is 1.81 bits per heavy atom. The lowest BCUT2D eigenvalue weighted by Crippen LogP contribution is -2.46. The van der Waals surface area contributed by atoms with Crippen molar-refractivity contribution < 1.29 is 22.4 Å². The number of likely N-dealkylation sites (N-methyl/N-ethyl adjacent to an activating group) is 1. The van der Waals surface area contributed by atoms with Gasteiger partial charge in [0, 0.05) is 31.0 Å². The van der Waals surface area contributed by atoms with Crippen molar-refractivity contribution in [3.8, 4) is 0 Å². The maximum atomic E-state index is 13.2. The van der Waals surface area contributed by atoms with Gasteiger partial charge >= 0.3 is 0 Å². The number of anilines is 1. The van der Waals surface area contributed by atoms with Crippen molar-refractivity contribution in [2.75, 3.05) is 24.2 Å². The summed E-state index contributed by atoms with van der Waals surface area (Å²) in [5, 5.41) is 2.56. The summed E-state index contributed by atoms with van der Waals surface area (Å²) in [4.78, 5) is 26.7. The third-order valence-corrected chi connectivity index (χ3v) is 6.61. The third-order valence-electron chi connectivity index (χ3n) is 4.92. The maximum absolute atomic E-state index is 13.2. The summed E-state index contributed by atoms with van der Waals surface area (Å²) in [5.41, 5.74) is 1.18. The van der Waals surface area contributed by atoms with Crippen molar-refractivity contribution in [2.45, 2.75) is 32.4 Å². The molecule has 1 N–H and O–H groups in total. The van der Waals surface area contributed by atoms with E-state index < -0.39 is 21.9 Å². The standard InChI is InChI=1S/C22H27BrFN3O4S/c1-16(22(29)25-2)26(15-17-6-4-7-18(23)14-17)21(28)8-5-13-27(32(3,30)31)20-11-9-19(24)10-12-20/h4,6-7,9-12,14,16H,5,8,13,15H2,1-3H3,(H,25,29). The van der Waals surface area contributed by atoms with E-state index >= 15 is 0 Å². The summed E-state index contributed by atoms with van der Waals surface area (Å²) >= 11 is 3.40. The van der Waals surface area contributed by atoms with Crippen molar-refractivity contribution in [1.29, 1.82) is 0 Å². The number of hydrogen-bond donors (Lipinski definition) is 1. The maximum Gasteiger partial charge on any atom is 0.242 e. The Morgan fingerprint density at radius 1 is 1.16 bits per heavy atom. The fourth-order valence-corrected chi connectivity index (χ4v) is 4.65. The molecule has 7 nitrogen and oxygen atoms in total. The van der Waals surface area contributed by atoms with Crippen LogP contribution in [0.25, 0.3) is 0 Å². The Labute approximate surface area is 196 Å². The fraction of sp³-hybridized carbons (Fsp3) is 0.364. The zero-order valence-electron chi connectivity index (χ0n) is 18.2. The summed E-state index contributed by atoms with van der Waals surface area (Å²) in [6, 6.07) is 11.9. The second-order valence-electron chi connectivity index (χ2n) is 7.36. The Balaban J connectivity index is 2.13. The Hall–Kier alpha value is -2.46. The van der Waals surface area contributed by atoms with Crippen LogP contribution in [0, 0.1) is 5.82 Å². The summed E-state index contributed by atoms with van der Waals surface area (Å²) in [6.45, 7) is 1.94. The van der Waals surface area contributed by atoms with Gasteiger partial charge < -0.3 is 10.2 Å². The first-order chi connectivity index (χ1) is 15.0. The van der Waals surface area contributed by atoms with Crippen LogP contribution in [0.3, 0.4) is 0 Å². The molecule has 2 aromatic rings. The molecule has 2 rings (SSSR count). The molecule has 1 atom stereocenters. The van der Waals surface area contributed by atoms with Gasteiger partial charge in [-0.05, 0) is 55.3 Å². The molecule has 0 bridgehead atoms. The molecular weight excluding hydrogens is 501 g/mol. The third kappa shape index (κ3) is 7.30. The van der Waals surface area contributed by atoms with Crippen LogP contribution < -0.4 is 9.62 Å². The highest BCUT2D eigenvalue weighted by atomic mass is 79.9. The van der Waals surface area contributed by atoms with Crippen LogP contribution in [0.4, 0.5) is 10.1 Å². The van der Waals surface area contributed by atoms with Crippen LogP contribution in [-0.4, -0.2) is 51.0 Å². The number of nitrogens with one attached hydrogen (secondary N) is 1. The van der Waals surface area contributed by atoms with E-state index in [4.69, 9.17) is 0 Å². The number of carbonyl (C=O) groups is 2. The minimum atomic E-state index is -3.62. The molecule has 2 aromatic carbocycles. The van der Waals surface area contributed by atoms with Crippen LogP contribution in [0.2, 0.25) is 0 Å². The van der Waals surface area contributed by atoms with Crippen LogP contribution in [0.15, 0.2) is 53.0 Å². The summed E-state index contributed by atoms with van der Waals surface area (Å²) in [6.07, 6.45) is 1.34. The Kier molecular flexibility index (Phi) is 9.21. The average Bonchev–Trinajstić information content (AvgIpc) is 2.74. The van der Waals surface area contributed by atoms with E-state index in [1.165, 1.54) is 36.2 Å². The van der Waals surface area contributed by atoms with Gasteiger partial charge in [0.25, 0.3) is 0 Å². The number of sulfonamides is 1. The highest BCUT2D eigenvalue weighted by Gasteiger charge is 2.26. The van der Waals surface area contributed by atoms with E-state index in [0.717, 1.165) is 20.6 Å². The smallest absolute Gasteiger partial charge is 0.242 e. The van der Waals surface area contributed by atoms with Gasteiger partial charge in [-0.3, -0.25) is 13.9 Å². The molecule has 0 aliphatic rings. The zero-order chi connectivity index (χ0) is 23.9. The molecular formula is C22H27BrFN3O4S. The molecule has 0 aliphatic heterocycles. The number of rotatable bonds is 10. The lowest BCUT2D eigenvalue weighted by atomic mass is 10.1. The molecule has 2 amide bonds. The second kappa shape index (κ2) is 11.4. The van der Waals surface area contributed by atoms with Crippen LogP contribution >= 0.6 is 15.9 Å². The molecule has 0 heterocycles. The predicted octanol–water partition coefficient (Wildman–Crippen LogP) is 3.30. The minimum absolute atomic E-state index is 0.0442. The second-order valence-corrected chi connectivity index (χ2v) is 10.2. The van der Waals surface area contributed by atoms with Gasteiger partial charge in [-0.25, -0.2) is 12.8 Å². The van der Waals surface area contributed by atoms with Crippen LogP contribution in [0.5, 0.6) is 0 Å². The van der Waals surface area contributed by atoms with Gasteiger partial charge in [-0.2, -0.15) is 0 Å². The monoisotopic (exact) mass is 527 g/mol. The number of benzene rings is 2. The van der Waals surface area contributed by atoms with E-state index in [0.29, 0.717) is 5.69 Å². The summed E-state index contributed by atoms with van der Waals surface area (Å²) in [7, 11) is -2.11. The Morgan fingerprint density at radius 3 is 2.38 bits per heavy atom. The topological polar surface area (TPSA) is 86.8 Å². The van der Waals surface area contributed by atoms with Crippen molar-refractivity contribution in [3.63, 3.8) is 0 Å². The summed E-state index contributed by atoms with van der Waals surface area (Å²) in [5.74, 6) is -1.03. The molecule has 174 valence electrons. The molecule has 0 spiro atoms. The van der Waals surface area contributed by atoms with Gasteiger partial charge in [0.2, 0.25) is 21.8 Å². The number of halogens is 2. The molecule has 1 unspecified atom stereocenters. The van der Waals surface area contributed by atoms with Gasteiger partial charge in [0.1, 0.15) is 11.9 Å². The highest BCUT2D eigenvalue weighted by Crippen LogP contribution is 2.20. The number of nitrogens with zero attached hydrogens (tertiary/aromatic N) is 2. The molecule has 0 saturated heterocycles. The van der Waals surface area contributed by atoms with E-state index in [2.05, 4.69) is 21.2 Å². The van der Waals surface area contributed by atoms with E-state index in [1.807, 2.05) is 24.3 Å². The fourth-order valence-electron chi connectivity index (χ4n) is 3.23. The number of carbonyl (C=O) groups excluding carboxylic acids is 2. The molecule has 10 heteroatoms. The minimum Gasteiger partial charge on any atom is -0.357 e. The first-order valence-electron chi connectivity index (χ1n) is 10.0. The highest BCUT2D eigenvalue weighted by molar-refractivity contribution is 9.10. The van der Waals surface area contributed by atoms with Gasteiger partial charge in [-0.1, -0.05) is 28.1 Å². The summed E-state index contributed by atoms with van der Waals surface area (Å²) < 4.78 is 39.6. The average molecular weight is 528 g/mol. The quantitative estimate of drug-likeness (QED) is 0.513. The van der Waals surface area contributed by atoms with E-state index in [9.17, 15) is 22.4 Å². The van der Waals surface area contributed by atoms with Crippen molar-refractivity contribution in [1.82, 2.24) is 10.2 Å². The molecule has 0 radical (unpaired) electrons. The molecule has 0 fully saturated rings. The SMILES string of the molecule is CNC(=O)C(C)N(Cc1cccc(Br)c1)C(=O)CCCN(c1ccc(F)cc1)S(C)(=O)=O. The van der Waals surface area contributed by atoms with Gasteiger partial charge in [-0.15, -0.1) is 0 Å².